The third-order valence-electron chi connectivity index (χ3n) is 3.72. The van der Waals surface area contributed by atoms with Gasteiger partial charge in [0.2, 0.25) is 5.91 Å². The summed E-state index contributed by atoms with van der Waals surface area (Å²) in [7, 11) is 0. The van der Waals surface area contributed by atoms with Crippen LogP contribution < -0.4 is 5.73 Å². The molecular formula is C14H18F2N2O. The largest absolute Gasteiger partial charge is 0.338 e. The van der Waals surface area contributed by atoms with Crippen LogP contribution in [0.4, 0.5) is 8.78 Å². The van der Waals surface area contributed by atoms with Gasteiger partial charge in [-0.2, -0.15) is 0 Å². The van der Waals surface area contributed by atoms with Gasteiger partial charge >= 0.3 is 0 Å². The first-order valence-electron chi connectivity index (χ1n) is 6.46. The van der Waals surface area contributed by atoms with Crippen molar-refractivity contribution in [2.75, 3.05) is 13.1 Å². The van der Waals surface area contributed by atoms with Crippen LogP contribution in [0.15, 0.2) is 18.2 Å². The number of halogens is 2. The molecule has 0 heterocycles. The van der Waals surface area contributed by atoms with Gasteiger partial charge in [0, 0.05) is 19.6 Å². The summed E-state index contributed by atoms with van der Waals surface area (Å²) < 4.78 is 26.0. The van der Waals surface area contributed by atoms with E-state index in [4.69, 9.17) is 5.73 Å². The minimum atomic E-state index is -0.888. The summed E-state index contributed by atoms with van der Waals surface area (Å²) in [6, 6.07) is 3.71. The average Bonchev–Trinajstić information content (AvgIpc) is 3.20. The number of nitrogens with two attached hydrogens (primary N) is 1. The standard InChI is InChI=1S/C14H18F2N2O/c1-2-18(13(19)14(9-17)5-6-14)8-10-3-4-11(15)12(16)7-10/h3-4,7H,2,5-6,8-9,17H2,1H3. The van der Waals surface area contributed by atoms with Crippen molar-refractivity contribution in [2.24, 2.45) is 11.1 Å². The highest BCUT2D eigenvalue weighted by molar-refractivity contribution is 5.85. The van der Waals surface area contributed by atoms with Gasteiger partial charge in [0.1, 0.15) is 0 Å². The molecule has 1 fully saturated rings. The summed E-state index contributed by atoms with van der Waals surface area (Å²) in [6.07, 6.45) is 1.63. The number of rotatable bonds is 5. The lowest BCUT2D eigenvalue weighted by molar-refractivity contribution is -0.137. The Hall–Kier alpha value is -1.49. The molecule has 2 rings (SSSR count). The minimum absolute atomic E-state index is 0.0160. The second kappa shape index (κ2) is 5.25. The van der Waals surface area contributed by atoms with Crippen molar-refractivity contribution >= 4 is 5.91 Å². The molecule has 2 N–H and O–H groups in total. The van der Waals surface area contributed by atoms with Gasteiger partial charge in [-0.25, -0.2) is 8.78 Å². The fraction of sp³-hybridized carbons (Fsp3) is 0.500. The fourth-order valence-electron chi connectivity index (χ4n) is 2.18. The first kappa shape index (κ1) is 13.9. The molecule has 0 aromatic heterocycles. The van der Waals surface area contributed by atoms with Crippen molar-refractivity contribution < 1.29 is 13.6 Å². The summed E-state index contributed by atoms with van der Waals surface area (Å²) in [5.41, 5.74) is 5.82. The molecule has 1 aliphatic carbocycles. The molecule has 1 saturated carbocycles. The van der Waals surface area contributed by atoms with Crippen molar-refractivity contribution in [2.45, 2.75) is 26.3 Å². The number of hydrogen-bond donors (Lipinski definition) is 1. The van der Waals surface area contributed by atoms with Crippen LogP contribution >= 0.6 is 0 Å². The lowest BCUT2D eigenvalue weighted by Crippen LogP contribution is -2.40. The molecular weight excluding hydrogens is 250 g/mol. The van der Waals surface area contributed by atoms with E-state index >= 15 is 0 Å². The minimum Gasteiger partial charge on any atom is -0.338 e. The molecule has 1 aromatic carbocycles. The molecule has 104 valence electrons. The molecule has 0 aliphatic heterocycles. The number of amides is 1. The first-order valence-corrected chi connectivity index (χ1v) is 6.46. The molecule has 1 aromatic rings. The quantitative estimate of drug-likeness (QED) is 0.888. The molecule has 19 heavy (non-hydrogen) atoms. The number of benzene rings is 1. The van der Waals surface area contributed by atoms with Gasteiger partial charge in [-0.15, -0.1) is 0 Å². The van der Waals surface area contributed by atoms with E-state index in [1.807, 2.05) is 6.92 Å². The topological polar surface area (TPSA) is 46.3 Å². The Morgan fingerprint density at radius 3 is 2.53 bits per heavy atom. The number of hydrogen-bond acceptors (Lipinski definition) is 2. The maximum Gasteiger partial charge on any atom is 0.230 e. The van der Waals surface area contributed by atoms with Crippen molar-refractivity contribution in [1.29, 1.82) is 0 Å². The Bertz CT molecular complexity index is 486. The second-order valence-electron chi connectivity index (χ2n) is 5.05. The van der Waals surface area contributed by atoms with E-state index in [1.54, 1.807) is 4.90 Å². The summed E-state index contributed by atoms with van der Waals surface area (Å²) in [6.45, 7) is 3.03. The van der Waals surface area contributed by atoms with Crippen molar-refractivity contribution in [1.82, 2.24) is 4.90 Å². The van der Waals surface area contributed by atoms with Crippen LogP contribution in [-0.2, 0) is 11.3 Å². The van der Waals surface area contributed by atoms with E-state index in [0.717, 1.165) is 25.0 Å². The third-order valence-corrected chi connectivity index (χ3v) is 3.72. The molecule has 1 amide bonds. The lowest BCUT2D eigenvalue weighted by Gasteiger charge is -2.25. The molecule has 1 aliphatic rings. The van der Waals surface area contributed by atoms with Gasteiger partial charge in [-0.05, 0) is 37.5 Å². The predicted octanol–water partition coefficient (Wildman–Crippen LogP) is 2.05. The zero-order valence-electron chi connectivity index (χ0n) is 11.0. The van der Waals surface area contributed by atoms with Crippen LogP contribution in [0.5, 0.6) is 0 Å². The molecule has 0 radical (unpaired) electrons. The molecule has 0 spiro atoms. The first-order chi connectivity index (χ1) is 9.02. The monoisotopic (exact) mass is 268 g/mol. The van der Waals surface area contributed by atoms with E-state index in [1.165, 1.54) is 6.07 Å². The Kier molecular flexibility index (Phi) is 3.85. The second-order valence-corrected chi connectivity index (χ2v) is 5.05. The molecule has 5 heteroatoms. The van der Waals surface area contributed by atoms with Gasteiger partial charge in [0.25, 0.3) is 0 Å². The summed E-state index contributed by atoms with van der Waals surface area (Å²) in [4.78, 5) is 14.0. The SMILES string of the molecule is CCN(Cc1ccc(F)c(F)c1)C(=O)C1(CN)CC1. The van der Waals surface area contributed by atoms with Gasteiger partial charge in [0.05, 0.1) is 5.41 Å². The van der Waals surface area contributed by atoms with Gasteiger partial charge in [-0.3, -0.25) is 4.79 Å². The van der Waals surface area contributed by atoms with Crippen LogP contribution in [0, 0.1) is 17.0 Å². The summed E-state index contributed by atoms with van der Waals surface area (Å²) >= 11 is 0. The Morgan fingerprint density at radius 2 is 2.05 bits per heavy atom. The number of carbonyl (C=O) groups excluding carboxylic acids is 1. The summed E-state index contributed by atoms with van der Waals surface area (Å²) in [5, 5.41) is 0. The zero-order valence-corrected chi connectivity index (χ0v) is 11.0. The van der Waals surface area contributed by atoms with E-state index < -0.39 is 17.0 Å². The molecule has 0 atom stereocenters. The predicted molar refractivity (Wildman–Crippen MR) is 68.2 cm³/mol. The molecule has 0 unspecified atom stereocenters. The highest BCUT2D eigenvalue weighted by Gasteiger charge is 2.50. The van der Waals surface area contributed by atoms with E-state index in [-0.39, 0.29) is 12.5 Å². The normalized spacial score (nSPS) is 16.2. The third kappa shape index (κ3) is 2.76. The average molecular weight is 268 g/mol. The highest BCUT2D eigenvalue weighted by atomic mass is 19.2. The number of carbonyl (C=O) groups is 1. The fourth-order valence-corrected chi connectivity index (χ4v) is 2.18. The molecule has 0 bridgehead atoms. The smallest absolute Gasteiger partial charge is 0.230 e. The van der Waals surface area contributed by atoms with Crippen LogP contribution in [0.2, 0.25) is 0 Å². The van der Waals surface area contributed by atoms with Gasteiger partial charge in [0.15, 0.2) is 11.6 Å². The van der Waals surface area contributed by atoms with Crippen LogP contribution in [0.3, 0.4) is 0 Å². The maximum atomic E-state index is 13.1. The van der Waals surface area contributed by atoms with Crippen LogP contribution in [0.25, 0.3) is 0 Å². The van der Waals surface area contributed by atoms with Crippen LogP contribution in [0.1, 0.15) is 25.3 Å². The lowest BCUT2D eigenvalue weighted by atomic mass is 10.1. The van der Waals surface area contributed by atoms with Gasteiger partial charge in [-0.1, -0.05) is 6.07 Å². The van der Waals surface area contributed by atoms with E-state index in [9.17, 15) is 13.6 Å². The van der Waals surface area contributed by atoms with Crippen LogP contribution in [-0.4, -0.2) is 23.9 Å². The maximum absolute atomic E-state index is 13.1. The molecule has 3 nitrogen and oxygen atoms in total. The highest BCUT2D eigenvalue weighted by Crippen LogP contribution is 2.46. The van der Waals surface area contributed by atoms with Crippen molar-refractivity contribution in [3.8, 4) is 0 Å². The summed E-state index contributed by atoms with van der Waals surface area (Å²) in [5.74, 6) is -1.75. The Labute approximate surface area is 111 Å². The Balaban J connectivity index is 2.10. The van der Waals surface area contributed by atoms with Gasteiger partial charge < -0.3 is 10.6 Å². The Morgan fingerprint density at radius 1 is 1.37 bits per heavy atom. The van der Waals surface area contributed by atoms with Crippen molar-refractivity contribution in [3.05, 3.63) is 35.4 Å². The van der Waals surface area contributed by atoms with E-state index in [2.05, 4.69) is 0 Å². The molecule has 0 saturated heterocycles. The van der Waals surface area contributed by atoms with Crippen molar-refractivity contribution in [3.63, 3.8) is 0 Å². The zero-order chi connectivity index (χ0) is 14.0. The van der Waals surface area contributed by atoms with E-state index in [0.29, 0.717) is 18.7 Å². The number of nitrogens with zero attached hydrogens (tertiary/aromatic N) is 1.